The van der Waals surface area contributed by atoms with Crippen LogP contribution < -0.4 is 4.74 Å². The minimum Gasteiger partial charge on any atom is -0.428 e. The zero-order valence-electron chi connectivity index (χ0n) is 23.4. The molecule has 0 aliphatic rings. The van der Waals surface area contributed by atoms with Gasteiger partial charge in [0.1, 0.15) is 17.2 Å². The lowest BCUT2D eigenvalue weighted by molar-refractivity contribution is 0.0207. The molecule has 0 amide bonds. The fraction of sp³-hybridized carbons (Fsp3) is 0.294. The van der Waals surface area contributed by atoms with Gasteiger partial charge in [0.2, 0.25) is 0 Å². The van der Waals surface area contributed by atoms with E-state index in [0.29, 0.717) is 11.7 Å². The molecule has 0 radical (unpaired) electrons. The van der Waals surface area contributed by atoms with Crippen molar-refractivity contribution in [2.75, 3.05) is 0 Å². The number of carbonyl (C=O) groups excluding carboxylic acids is 1. The molecular formula is C34H36N2O3. The molecule has 0 aliphatic heterocycles. The molecule has 4 aromatic carbocycles. The van der Waals surface area contributed by atoms with E-state index in [4.69, 9.17) is 14.5 Å². The number of hydrogen-bond donors (Lipinski definition) is 0. The Morgan fingerprint density at radius 3 is 2.28 bits per heavy atom. The Hall–Kier alpha value is -4.12. The first-order valence-electron chi connectivity index (χ1n) is 13.7. The van der Waals surface area contributed by atoms with E-state index in [-0.39, 0.29) is 0 Å². The topological polar surface area (TPSA) is 53.4 Å². The van der Waals surface area contributed by atoms with Crippen LogP contribution >= 0.6 is 0 Å². The van der Waals surface area contributed by atoms with Crippen LogP contribution in [0.25, 0.3) is 32.9 Å². The summed E-state index contributed by atoms with van der Waals surface area (Å²) in [4.78, 5) is 17.4. The second-order valence-corrected chi connectivity index (χ2v) is 11.3. The number of aromatic nitrogens is 2. The van der Waals surface area contributed by atoms with E-state index >= 15 is 0 Å². The van der Waals surface area contributed by atoms with Crippen molar-refractivity contribution in [2.24, 2.45) is 5.92 Å². The summed E-state index contributed by atoms with van der Waals surface area (Å²) >= 11 is 0. The minimum absolute atomic E-state index is 0.475. The molecule has 0 fully saturated rings. The van der Waals surface area contributed by atoms with Crippen molar-refractivity contribution in [3.8, 4) is 16.9 Å². The van der Waals surface area contributed by atoms with Gasteiger partial charge in [-0.1, -0.05) is 87.0 Å². The standard InChI is InChI=1S/C34H36N2O3/c1-6-23(2)19-32-35-29-20-26-11-7-8-12-27(26)21-30(29)36(32)22-24-15-17-25(18-16-24)28-13-9-10-14-31(28)38-33(37)39-34(3,4)5/h7-18,20-21,23H,6,19,22H2,1-5H3. The lowest BCUT2D eigenvalue weighted by Gasteiger charge is -2.19. The molecule has 0 bridgehead atoms. The van der Waals surface area contributed by atoms with Crippen LogP contribution in [0.4, 0.5) is 4.79 Å². The van der Waals surface area contributed by atoms with E-state index in [1.54, 1.807) is 6.07 Å². The molecule has 5 aromatic rings. The van der Waals surface area contributed by atoms with Crippen LogP contribution in [0.15, 0.2) is 84.9 Å². The molecule has 5 nitrogen and oxygen atoms in total. The average molecular weight is 521 g/mol. The number of benzene rings is 4. The van der Waals surface area contributed by atoms with Crippen molar-refractivity contribution in [1.82, 2.24) is 9.55 Å². The number of para-hydroxylation sites is 1. The van der Waals surface area contributed by atoms with E-state index < -0.39 is 11.8 Å². The van der Waals surface area contributed by atoms with Gasteiger partial charge in [-0.05, 0) is 66.8 Å². The van der Waals surface area contributed by atoms with Gasteiger partial charge < -0.3 is 14.0 Å². The zero-order valence-corrected chi connectivity index (χ0v) is 23.4. The van der Waals surface area contributed by atoms with Crippen LogP contribution in [-0.4, -0.2) is 21.3 Å². The van der Waals surface area contributed by atoms with E-state index in [1.807, 2.05) is 39.0 Å². The number of nitrogens with zero attached hydrogens (tertiary/aromatic N) is 2. The highest BCUT2D eigenvalue weighted by atomic mass is 16.7. The average Bonchev–Trinajstić information content (AvgIpc) is 3.22. The molecule has 0 aliphatic carbocycles. The first-order valence-corrected chi connectivity index (χ1v) is 13.7. The van der Waals surface area contributed by atoms with Gasteiger partial charge in [0.15, 0.2) is 0 Å². The molecule has 5 heteroatoms. The van der Waals surface area contributed by atoms with Crippen molar-refractivity contribution in [2.45, 2.75) is 59.6 Å². The SMILES string of the molecule is CCC(C)Cc1nc2cc3ccccc3cc2n1Cc1ccc(-c2ccccc2OC(=O)OC(C)(C)C)cc1. The Bertz CT molecular complexity index is 1610. The molecular weight excluding hydrogens is 484 g/mol. The molecule has 0 spiro atoms. The molecule has 200 valence electrons. The third-order valence-electron chi connectivity index (χ3n) is 7.00. The first kappa shape index (κ1) is 26.5. The van der Waals surface area contributed by atoms with Crippen molar-refractivity contribution in [1.29, 1.82) is 0 Å². The van der Waals surface area contributed by atoms with Crippen LogP contribution in [0.3, 0.4) is 0 Å². The van der Waals surface area contributed by atoms with Gasteiger partial charge in [0, 0.05) is 18.5 Å². The third kappa shape index (κ3) is 6.14. The first-order chi connectivity index (χ1) is 18.7. The van der Waals surface area contributed by atoms with Gasteiger partial charge in [-0.25, -0.2) is 9.78 Å². The fourth-order valence-electron chi connectivity index (χ4n) is 4.78. The Kier molecular flexibility index (Phi) is 7.42. The normalized spacial score (nSPS) is 12.5. The Morgan fingerprint density at radius 1 is 0.923 bits per heavy atom. The quantitative estimate of drug-likeness (QED) is 0.159. The van der Waals surface area contributed by atoms with Crippen LogP contribution in [-0.2, 0) is 17.7 Å². The number of carbonyl (C=O) groups is 1. The summed E-state index contributed by atoms with van der Waals surface area (Å²) in [5.41, 5.74) is 4.57. The van der Waals surface area contributed by atoms with E-state index in [0.717, 1.165) is 47.4 Å². The fourth-order valence-corrected chi connectivity index (χ4v) is 4.78. The lowest BCUT2D eigenvalue weighted by Crippen LogP contribution is -2.26. The molecule has 1 atom stereocenters. The van der Waals surface area contributed by atoms with E-state index in [1.165, 1.54) is 16.3 Å². The van der Waals surface area contributed by atoms with Gasteiger partial charge in [-0.3, -0.25) is 0 Å². The van der Waals surface area contributed by atoms with Gasteiger partial charge >= 0.3 is 6.16 Å². The highest BCUT2D eigenvalue weighted by molar-refractivity contribution is 5.95. The molecule has 1 heterocycles. The smallest absolute Gasteiger partial charge is 0.428 e. The summed E-state index contributed by atoms with van der Waals surface area (Å²) < 4.78 is 13.3. The summed E-state index contributed by atoms with van der Waals surface area (Å²) in [7, 11) is 0. The van der Waals surface area contributed by atoms with Crippen LogP contribution in [0, 0.1) is 5.92 Å². The van der Waals surface area contributed by atoms with E-state index in [2.05, 4.69) is 79.1 Å². The Balaban J connectivity index is 1.45. The maximum Gasteiger partial charge on any atom is 0.514 e. The highest BCUT2D eigenvalue weighted by Gasteiger charge is 2.20. The molecule has 1 aromatic heterocycles. The second-order valence-electron chi connectivity index (χ2n) is 11.3. The van der Waals surface area contributed by atoms with Crippen LogP contribution in [0.5, 0.6) is 5.75 Å². The number of rotatable bonds is 7. The van der Waals surface area contributed by atoms with Gasteiger partial charge in [0.05, 0.1) is 11.0 Å². The van der Waals surface area contributed by atoms with Crippen LogP contribution in [0.1, 0.15) is 52.4 Å². The number of ether oxygens (including phenoxy) is 2. The Labute approximate surface area is 230 Å². The van der Waals surface area contributed by atoms with Crippen molar-refractivity contribution < 1.29 is 14.3 Å². The minimum atomic E-state index is -0.708. The lowest BCUT2D eigenvalue weighted by atomic mass is 10.0. The molecule has 5 rings (SSSR count). The molecule has 0 saturated carbocycles. The monoisotopic (exact) mass is 520 g/mol. The highest BCUT2D eigenvalue weighted by Crippen LogP contribution is 2.31. The summed E-state index contributed by atoms with van der Waals surface area (Å²) in [6.07, 6.45) is 1.35. The number of hydrogen-bond acceptors (Lipinski definition) is 4. The molecule has 1 unspecified atom stereocenters. The number of fused-ring (bicyclic) bond motifs is 2. The van der Waals surface area contributed by atoms with Crippen molar-refractivity contribution in [3.63, 3.8) is 0 Å². The largest absolute Gasteiger partial charge is 0.514 e. The summed E-state index contributed by atoms with van der Waals surface area (Å²) in [5.74, 6) is 2.15. The van der Waals surface area contributed by atoms with E-state index in [9.17, 15) is 4.79 Å². The summed E-state index contributed by atoms with van der Waals surface area (Å²) in [6, 6.07) is 28.9. The van der Waals surface area contributed by atoms with Crippen LogP contribution in [0.2, 0.25) is 0 Å². The molecule has 0 N–H and O–H groups in total. The number of imidazole rings is 1. The summed E-state index contributed by atoms with van der Waals surface area (Å²) in [5, 5.41) is 2.43. The van der Waals surface area contributed by atoms with Gasteiger partial charge in [-0.2, -0.15) is 0 Å². The van der Waals surface area contributed by atoms with Crippen molar-refractivity contribution >= 4 is 28.0 Å². The van der Waals surface area contributed by atoms with Gasteiger partial charge in [0.25, 0.3) is 0 Å². The van der Waals surface area contributed by atoms with Gasteiger partial charge in [-0.15, -0.1) is 0 Å². The predicted octanol–water partition coefficient (Wildman–Crippen LogP) is 8.81. The Morgan fingerprint density at radius 2 is 1.59 bits per heavy atom. The maximum absolute atomic E-state index is 12.3. The summed E-state index contributed by atoms with van der Waals surface area (Å²) in [6.45, 7) is 10.7. The molecule has 0 saturated heterocycles. The van der Waals surface area contributed by atoms with Crippen molar-refractivity contribution in [3.05, 3.63) is 96.3 Å². The second kappa shape index (κ2) is 10.9. The maximum atomic E-state index is 12.3. The molecule has 39 heavy (non-hydrogen) atoms. The predicted molar refractivity (Wildman–Crippen MR) is 158 cm³/mol. The third-order valence-corrected chi connectivity index (χ3v) is 7.00. The zero-order chi connectivity index (χ0) is 27.6.